The maximum Gasteiger partial charge on any atom is 0.255 e. The Balaban J connectivity index is 2.86. The van der Waals surface area contributed by atoms with Crippen LogP contribution in [-0.4, -0.2) is 30.4 Å². The summed E-state index contributed by atoms with van der Waals surface area (Å²) in [5, 5.41) is 5.03. The van der Waals surface area contributed by atoms with E-state index in [4.69, 9.17) is 0 Å². The fraction of sp³-hybridized carbons (Fsp3) is 0.400. The standard InChI is InChI=1S/C10H12BrF2N3O/c1-2-14-9-7(3-6(11)4-15-9)10(17)16-5-8(12)13/h3-4,8H,2,5H2,1H3,(H,14,15)(H,16,17). The number of carbonyl (C=O) groups is 1. The molecule has 7 heteroatoms. The molecule has 1 aromatic heterocycles. The second kappa shape index (κ2) is 6.48. The van der Waals surface area contributed by atoms with Gasteiger partial charge in [0.15, 0.2) is 0 Å². The van der Waals surface area contributed by atoms with Crippen molar-refractivity contribution in [2.75, 3.05) is 18.4 Å². The van der Waals surface area contributed by atoms with Crippen LogP contribution < -0.4 is 10.6 Å². The number of pyridine rings is 1. The Hall–Kier alpha value is -1.24. The summed E-state index contributed by atoms with van der Waals surface area (Å²) in [6.07, 6.45) is -1.04. The Labute approximate surface area is 106 Å². The molecule has 0 saturated heterocycles. The molecule has 1 aromatic rings. The highest BCUT2D eigenvalue weighted by molar-refractivity contribution is 9.10. The van der Waals surface area contributed by atoms with Gasteiger partial charge in [-0.05, 0) is 28.9 Å². The third-order valence-electron chi connectivity index (χ3n) is 1.86. The first kappa shape index (κ1) is 13.8. The molecule has 1 amide bonds. The van der Waals surface area contributed by atoms with Crippen LogP contribution in [0.25, 0.3) is 0 Å². The molecule has 0 atom stereocenters. The Bertz CT molecular complexity index is 401. The third kappa shape index (κ3) is 4.26. The van der Waals surface area contributed by atoms with Crippen LogP contribution >= 0.6 is 15.9 Å². The zero-order chi connectivity index (χ0) is 12.8. The van der Waals surface area contributed by atoms with Crippen molar-refractivity contribution < 1.29 is 13.6 Å². The van der Waals surface area contributed by atoms with Gasteiger partial charge < -0.3 is 10.6 Å². The van der Waals surface area contributed by atoms with Crippen LogP contribution in [0.1, 0.15) is 17.3 Å². The monoisotopic (exact) mass is 307 g/mol. The van der Waals surface area contributed by atoms with Gasteiger partial charge in [0.05, 0.1) is 12.1 Å². The molecular formula is C10H12BrF2N3O. The van der Waals surface area contributed by atoms with Gasteiger partial charge in [-0.2, -0.15) is 0 Å². The van der Waals surface area contributed by atoms with Gasteiger partial charge in [-0.15, -0.1) is 0 Å². The van der Waals surface area contributed by atoms with Crippen LogP contribution in [0, 0.1) is 0 Å². The number of hydrogen-bond acceptors (Lipinski definition) is 3. The molecule has 0 saturated carbocycles. The average molecular weight is 308 g/mol. The molecular weight excluding hydrogens is 296 g/mol. The number of aromatic nitrogens is 1. The topological polar surface area (TPSA) is 54.0 Å². The van der Waals surface area contributed by atoms with E-state index < -0.39 is 18.9 Å². The number of amides is 1. The minimum Gasteiger partial charge on any atom is -0.370 e. The van der Waals surface area contributed by atoms with Crippen molar-refractivity contribution in [1.29, 1.82) is 0 Å². The molecule has 94 valence electrons. The minimum atomic E-state index is -2.57. The van der Waals surface area contributed by atoms with Crippen molar-refractivity contribution in [3.05, 3.63) is 22.3 Å². The predicted molar refractivity (Wildman–Crippen MR) is 64.4 cm³/mol. The van der Waals surface area contributed by atoms with Crippen molar-refractivity contribution in [3.8, 4) is 0 Å². The van der Waals surface area contributed by atoms with Crippen molar-refractivity contribution in [2.45, 2.75) is 13.3 Å². The van der Waals surface area contributed by atoms with Crippen molar-refractivity contribution in [1.82, 2.24) is 10.3 Å². The first-order valence-electron chi connectivity index (χ1n) is 5.00. The van der Waals surface area contributed by atoms with Gasteiger partial charge in [0, 0.05) is 17.2 Å². The van der Waals surface area contributed by atoms with E-state index in [1.54, 1.807) is 0 Å². The molecule has 1 rings (SSSR count). The van der Waals surface area contributed by atoms with Gasteiger partial charge in [0.1, 0.15) is 5.82 Å². The van der Waals surface area contributed by atoms with Gasteiger partial charge >= 0.3 is 0 Å². The summed E-state index contributed by atoms with van der Waals surface area (Å²) in [4.78, 5) is 15.7. The first-order valence-corrected chi connectivity index (χ1v) is 5.79. The van der Waals surface area contributed by atoms with Crippen LogP contribution in [0.15, 0.2) is 16.7 Å². The molecule has 0 spiro atoms. The SMILES string of the molecule is CCNc1ncc(Br)cc1C(=O)NCC(F)F. The highest BCUT2D eigenvalue weighted by Gasteiger charge is 2.14. The van der Waals surface area contributed by atoms with Crippen LogP contribution in [0.5, 0.6) is 0 Å². The number of hydrogen-bond donors (Lipinski definition) is 2. The number of rotatable bonds is 5. The highest BCUT2D eigenvalue weighted by atomic mass is 79.9. The van der Waals surface area contributed by atoms with E-state index in [9.17, 15) is 13.6 Å². The quantitative estimate of drug-likeness (QED) is 0.877. The van der Waals surface area contributed by atoms with Crippen LogP contribution in [0.2, 0.25) is 0 Å². The lowest BCUT2D eigenvalue weighted by Crippen LogP contribution is -2.29. The second-order valence-electron chi connectivity index (χ2n) is 3.18. The van der Waals surface area contributed by atoms with Gasteiger partial charge in [0.2, 0.25) is 0 Å². The Morgan fingerprint density at radius 1 is 1.59 bits per heavy atom. The van der Waals surface area contributed by atoms with Gasteiger partial charge in [0.25, 0.3) is 12.3 Å². The summed E-state index contributed by atoms with van der Waals surface area (Å²) in [6, 6.07) is 1.53. The maximum atomic E-state index is 12.0. The number of anilines is 1. The Kier molecular flexibility index (Phi) is 5.27. The normalized spacial score (nSPS) is 10.4. The number of carbonyl (C=O) groups excluding carboxylic acids is 1. The van der Waals surface area contributed by atoms with E-state index in [0.717, 1.165) is 0 Å². The van der Waals surface area contributed by atoms with Crippen LogP contribution in [-0.2, 0) is 0 Å². The molecule has 0 fully saturated rings. The molecule has 0 aromatic carbocycles. The zero-order valence-corrected chi connectivity index (χ0v) is 10.7. The molecule has 0 aliphatic heterocycles. The number of nitrogens with zero attached hydrogens (tertiary/aromatic N) is 1. The fourth-order valence-electron chi connectivity index (χ4n) is 1.19. The largest absolute Gasteiger partial charge is 0.370 e. The third-order valence-corrected chi connectivity index (χ3v) is 2.29. The Morgan fingerprint density at radius 3 is 2.88 bits per heavy atom. The summed E-state index contributed by atoms with van der Waals surface area (Å²) >= 11 is 3.18. The molecule has 0 aliphatic carbocycles. The van der Waals surface area contributed by atoms with E-state index in [2.05, 4.69) is 31.5 Å². The van der Waals surface area contributed by atoms with Crippen molar-refractivity contribution in [3.63, 3.8) is 0 Å². The number of nitrogens with one attached hydrogen (secondary N) is 2. The summed E-state index contributed by atoms with van der Waals surface area (Å²) in [5.74, 6) is -0.197. The predicted octanol–water partition coefficient (Wildman–Crippen LogP) is 2.27. The molecule has 4 nitrogen and oxygen atoms in total. The fourth-order valence-corrected chi connectivity index (χ4v) is 1.52. The minimum absolute atomic E-state index is 0.238. The lowest BCUT2D eigenvalue weighted by molar-refractivity contribution is 0.0892. The van der Waals surface area contributed by atoms with Gasteiger partial charge in [-0.3, -0.25) is 4.79 Å². The molecule has 0 aliphatic rings. The van der Waals surface area contributed by atoms with E-state index in [0.29, 0.717) is 16.8 Å². The van der Waals surface area contributed by atoms with Crippen LogP contribution in [0.3, 0.4) is 0 Å². The number of halogens is 3. The van der Waals surface area contributed by atoms with Gasteiger partial charge in [-0.1, -0.05) is 0 Å². The van der Waals surface area contributed by atoms with E-state index >= 15 is 0 Å². The molecule has 17 heavy (non-hydrogen) atoms. The molecule has 2 N–H and O–H groups in total. The van der Waals surface area contributed by atoms with Crippen molar-refractivity contribution >= 4 is 27.7 Å². The average Bonchev–Trinajstić information content (AvgIpc) is 2.28. The van der Waals surface area contributed by atoms with Crippen LogP contribution in [0.4, 0.5) is 14.6 Å². The first-order chi connectivity index (χ1) is 8.04. The molecule has 0 unspecified atom stereocenters. The van der Waals surface area contributed by atoms with E-state index in [1.165, 1.54) is 12.3 Å². The molecule has 0 bridgehead atoms. The summed E-state index contributed by atoms with van der Waals surface area (Å²) in [6.45, 7) is 1.77. The van der Waals surface area contributed by atoms with Gasteiger partial charge in [-0.25, -0.2) is 13.8 Å². The maximum absolute atomic E-state index is 12.0. The number of alkyl halides is 2. The second-order valence-corrected chi connectivity index (χ2v) is 4.10. The van der Waals surface area contributed by atoms with E-state index in [-0.39, 0.29) is 5.56 Å². The molecule has 0 radical (unpaired) electrons. The Morgan fingerprint density at radius 2 is 2.29 bits per heavy atom. The van der Waals surface area contributed by atoms with E-state index in [1.807, 2.05) is 6.92 Å². The zero-order valence-electron chi connectivity index (χ0n) is 9.14. The smallest absolute Gasteiger partial charge is 0.255 e. The lowest BCUT2D eigenvalue weighted by atomic mass is 10.2. The van der Waals surface area contributed by atoms with Crippen molar-refractivity contribution in [2.24, 2.45) is 0 Å². The summed E-state index contributed by atoms with van der Waals surface area (Å²) in [7, 11) is 0. The molecule has 1 heterocycles. The highest BCUT2D eigenvalue weighted by Crippen LogP contribution is 2.17. The lowest BCUT2D eigenvalue weighted by Gasteiger charge is -2.10. The summed E-state index contributed by atoms with van der Waals surface area (Å²) < 4.78 is 24.6. The summed E-state index contributed by atoms with van der Waals surface area (Å²) in [5.41, 5.74) is 0.238.